The number of aliphatic hydroxyl groups is 1. The minimum Gasteiger partial charge on any atom is -0.387 e. The normalized spacial score (nSPS) is 17.5. The van der Waals surface area contributed by atoms with Crippen molar-refractivity contribution in [1.29, 1.82) is 0 Å². The number of aromatic nitrogens is 1. The van der Waals surface area contributed by atoms with E-state index in [0.29, 0.717) is 23.6 Å². The number of hydrogen-bond acceptors (Lipinski definition) is 6. The van der Waals surface area contributed by atoms with Crippen molar-refractivity contribution in [3.63, 3.8) is 0 Å². The summed E-state index contributed by atoms with van der Waals surface area (Å²) in [6.45, 7) is 3.97. The van der Waals surface area contributed by atoms with Gasteiger partial charge in [-0.25, -0.2) is 0 Å². The number of hydrogen-bond donors (Lipinski definition) is 2. The van der Waals surface area contributed by atoms with Crippen LogP contribution in [0.3, 0.4) is 0 Å². The number of benzene rings is 2. The van der Waals surface area contributed by atoms with E-state index in [-0.39, 0.29) is 18.3 Å². The lowest BCUT2D eigenvalue weighted by molar-refractivity contribution is -0.115. The van der Waals surface area contributed by atoms with Gasteiger partial charge in [0, 0.05) is 54.4 Å². The fraction of sp³-hybridized carbons (Fsp3) is 0.333. The van der Waals surface area contributed by atoms with E-state index < -0.39 is 6.10 Å². The highest BCUT2D eigenvalue weighted by atomic mass is 35.5. The first-order chi connectivity index (χ1) is 14.1. The van der Waals surface area contributed by atoms with Gasteiger partial charge in [0.25, 0.3) is 0 Å². The maximum atomic E-state index is 11.6. The Morgan fingerprint density at radius 1 is 1.20 bits per heavy atom. The SMILES string of the molecule is Cl.O=C1Cc2cc(C(O)CN3CCN(c4nsc5ccccc45)CC3)c(Cl)cc2N1. The summed E-state index contributed by atoms with van der Waals surface area (Å²) >= 11 is 7.91. The number of nitrogens with one attached hydrogen (secondary N) is 1. The molecule has 0 radical (unpaired) electrons. The Balaban J connectivity index is 0.00000218. The predicted octanol–water partition coefficient (Wildman–Crippen LogP) is 3.72. The molecule has 9 heteroatoms. The molecule has 0 saturated carbocycles. The molecule has 1 unspecified atom stereocenters. The maximum Gasteiger partial charge on any atom is 0.228 e. The molecule has 30 heavy (non-hydrogen) atoms. The molecule has 2 aromatic carbocycles. The molecule has 3 heterocycles. The molecule has 6 nitrogen and oxygen atoms in total. The lowest BCUT2D eigenvalue weighted by Gasteiger charge is -2.36. The smallest absolute Gasteiger partial charge is 0.228 e. The Bertz CT molecular complexity index is 1080. The van der Waals surface area contributed by atoms with Crippen LogP contribution < -0.4 is 10.2 Å². The lowest BCUT2D eigenvalue weighted by atomic mass is 10.0. The van der Waals surface area contributed by atoms with Crippen molar-refractivity contribution in [2.45, 2.75) is 12.5 Å². The minimum absolute atomic E-state index is 0. The maximum absolute atomic E-state index is 11.6. The van der Waals surface area contributed by atoms with Gasteiger partial charge in [0.05, 0.1) is 17.2 Å². The van der Waals surface area contributed by atoms with Crippen molar-refractivity contribution in [2.75, 3.05) is 42.9 Å². The van der Waals surface area contributed by atoms with Gasteiger partial charge in [-0.15, -0.1) is 12.4 Å². The first-order valence-corrected chi connectivity index (χ1v) is 10.9. The van der Waals surface area contributed by atoms with Crippen molar-refractivity contribution < 1.29 is 9.90 Å². The molecular weight excluding hydrogens is 443 g/mol. The molecule has 0 aliphatic carbocycles. The topological polar surface area (TPSA) is 68.7 Å². The van der Waals surface area contributed by atoms with Crippen LogP contribution in [-0.4, -0.2) is 53.0 Å². The number of halogens is 2. The number of rotatable bonds is 4. The molecular formula is C21H22Cl2N4O2S. The molecule has 5 rings (SSSR count). The zero-order valence-electron chi connectivity index (χ0n) is 16.2. The van der Waals surface area contributed by atoms with Crippen molar-refractivity contribution in [2.24, 2.45) is 0 Å². The van der Waals surface area contributed by atoms with E-state index in [9.17, 15) is 9.90 Å². The third-order valence-corrected chi connectivity index (χ3v) is 6.81. The molecule has 1 atom stereocenters. The second-order valence-corrected chi connectivity index (χ2v) is 8.77. The Morgan fingerprint density at radius 2 is 1.97 bits per heavy atom. The second kappa shape index (κ2) is 8.69. The average molecular weight is 465 g/mol. The van der Waals surface area contributed by atoms with Gasteiger partial charge in [0.15, 0.2) is 0 Å². The van der Waals surface area contributed by atoms with Gasteiger partial charge < -0.3 is 15.3 Å². The lowest BCUT2D eigenvalue weighted by Crippen LogP contribution is -2.47. The summed E-state index contributed by atoms with van der Waals surface area (Å²) in [5.41, 5.74) is 2.34. The van der Waals surface area contributed by atoms with E-state index >= 15 is 0 Å². The summed E-state index contributed by atoms with van der Waals surface area (Å²) < 4.78 is 5.86. The molecule has 158 valence electrons. The van der Waals surface area contributed by atoms with Crippen molar-refractivity contribution >= 4 is 63.0 Å². The number of carbonyl (C=O) groups excluding carboxylic acids is 1. The second-order valence-electron chi connectivity index (χ2n) is 7.56. The zero-order valence-corrected chi connectivity index (χ0v) is 18.6. The Morgan fingerprint density at radius 3 is 2.77 bits per heavy atom. The first-order valence-electron chi connectivity index (χ1n) is 9.70. The number of aliphatic hydroxyl groups excluding tert-OH is 1. The number of β-amino-alcohol motifs (C(OH)–C–C–N with tert-alkyl or cyclic N) is 1. The van der Waals surface area contributed by atoms with Crippen molar-refractivity contribution in [3.05, 3.63) is 52.5 Å². The fourth-order valence-electron chi connectivity index (χ4n) is 4.11. The summed E-state index contributed by atoms with van der Waals surface area (Å²) in [6, 6.07) is 11.9. The third kappa shape index (κ3) is 4.00. The van der Waals surface area contributed by atoms with Crippen LogP contribution in [0.25, 0.3) is 10.1 Å². The Labute approximate surface area is 190 Å². The Kier molecular flexibility index (Phi) is 6.18. The van der Waals surface area contributed by atoms with E-state index in [2.05, 4.69) is 37.7 Å². The van der Waals surface area contributed by atoms with Gasteiger partial charge in [-0.1, -0.05) is 23.7 Å². The quantitative estimate of drug-likeness (QED) is 0.615. The van der Waals surface area contributed by atoms with E-state index in [4.69, 9.17) is 11.6 Å². The molecule has 1 saturated heterocycles. The highest BCUT2D eigenvalue weighted by Crippen LogP contribution is 2.34. The van der Waals surface area contributed by atoms with Gasteiger partial charge >= 0.3 is 0 Å². The fourth-order valence-corrected chi connectivity index (χ4v) is 5.19. The average Bonchev–Trinajstić information content (AvgIpc) is 3.30. The van der Waals surface area contributed by atoms with Gasteiger partial charge in [-0.05, 0) is 41.4 Å². The van der Waals surface area contributed by atoms with E-state index in [1.807, 2.05) is 12.1 Å². The van der Waals surface area contributed by atoms with Gasteiger partial charge in [0.1, 0.15) is 5.82 Å². The monoisotopic (exact) mass is 464 g/mol. The molecule has 2 aliphatic heterocycles. The largest absolute Gasteiger partial charge is 0.387 e. The number of amides is 1. The van der Waals surface area contributed by atoms with Gasteiger partial charge in [0.2, 0.25) is 5.91 Å². The van der Waals surface area contributed by atoms with Crippen LogP contribution in [0, 0.1) is 0 Å². The summed E-state index contributed by atoms with van der Waals surface area (Å²) in [5.74, 6) is 1.03. The summed E-state index contributed by atoms with van der Waals surface area (Å²) in [4.78, 5) is 16.2. The number of piperazine rings is 1. The molecule has 1 amide bonds. The van der Waals surface area contributed by atoms with Crippen LogP contribution in [0.5, 0.6) is 0 Å². The van der Waals surface area contributed by atoms with E-state index in [1.165, 1.54) is 21.6 Å². The van der Waals surface area contributed by atoms with Crippen molar-refractivity contribution in [1.82, 2.24) is 9.27 Å². The summed E-state index contributed by atoms with van der Waals surface area (Å²) in [7, 11) is 0. The standard InChI is InChI=1S/C21H21ClN4O2S.ClH/c22-16-11-17-13(10-20(28)23-17)9-15(16)18(27)12-25-5-7-26(8-6-25)21-14-3-1-2-4-19(14)29-24-21;/h1-4,9,11,18,27H,5-8,10,12H2,(H,23,28);1H. The molecule has 1 aromatic heterocycles. The molecule has 1 fully saturated rings. The van der Waals surface area contributed by atoms with Crippen LogP contribution >= 0.6 is 35.5 Å². The predicted molar refractivity (Wildman–Crippen MR) is 124 cm³/mol. The van der Waals surface area contributed by atoms with Gasteiger partial charge in [-0.3, -0.25) is 9.69 Å². The van der Waals surface area contributed by atoms with Crippen LogP contribution in [-0.2, 0) is 11.2 Å². The van der Waals surface area contributed by atoms with E-state index in [0.717, 1.165) is 43.2 Å². The minimum atomic E-state index is -0.685. The van der Waals surface area contributed by atoms with Crippen LogP contribution in [0.4, 0.5) is 11.5 Å². The number of nitrogens with zero attached hydrogens (tertiary/aromatic N) is 3. The highest BCUT2D eigenvalue weighted by molar-refractivity contribution is 7.13. The summed E-state index contributed by atoms with van der Waals surface area (Å²) in [5, 5.41) is 15.3. The number of carbonyl (C=O) groups is 1. The Hall–Kier alpha value is -1.90. The van der Waals surface area contributed by atoms with Gasteiger partial charge in [-0.2, -0.15) is 4.37 Å². The zero-order chi connectivity index (χ0) is 20.0. The molecule has 0 spiro atoms. The van der Waals surface area contributed by atoms with Crippen LogP contribution in [0.1, 0.15) is 17.2 Å². The third-order valence-electron chi connectivity index (χ3n) is 5.67. The first kappa shape index (κ1) is 21.3. The van der Waals surface area contributed by atoms with Crippen molar-refractivity contribution in [3.8, 4) is 0 Å². The molecule has 2 N–H and O–H groups in total. The number of fused-ring (bicyclic) bond motifs is 2. The highest BCUT2D eigenvalue weighted by Gasteiger charge is 2.25. The molecule has 0 bridgehead atoms. The van der Waals surface area contributed by atoms with E-state index in [1.54, 1.807) is 6.07 Å². The van der Waals surface area contributed by atoms with Crippen LogP contribution in [0.15, 0.2) is 36.4 Å². The summed E-state index contributed by atoms with van der Waals surface area (Å²) in [6.07, 6.45) is -0.345. The molecule has 2 aliphatic rings. The molecule has 3 aromatic rings. The number of anilines is 2. The van der Waals surface area contributed by atoms with Crippen LogP contribution in [0.2, 0.25) is 5.02 Å².